The van der Waals surface area contributed by atoms with Gasteiger partial charge >= 0.3 is 6.09 Å². The van der Waals surface area contributed by atoms with E-state index < -0.39 is 30.5 Å². The van der Waals surface area contributed by atoms with Gasteiger partial charge in [-0.3, -0.25) is 0 Å². The van der Waals surface area contributed by atoms with Gasteiger partial charge in [-0.2, -0.15) is 0 Å². The standard InChI is InChI=1S/C37H73NO7/c1-3-5-6-7-8-9-10-11-12-13-14-15-17-20-23-26-29-38(37(43)44-4-2)30-27-24-21-18-16-19-22-25-28-32-34(40)36(42)35(41)33(31-39)45-32/h32-36,39-42H,3-31H2,1-2H3/t32?,33-,34+,35-,36-/m1/s1. The number of carbonyl (C=O) groups excluding carboxylic acids is 1. The molecule has 0 radical (unpaired) electrons. The van der Waals surface area contributed by atoms with E-state index in [1.165, 1.54) is 103 Å². The molecule has 1 saturated heterocycles. The van der Waals surface area contributed by atoms with E-state index in [0.717, 1.165) is 64.5 Å². The van der Waals surface area contributed by atoms with Gasteiger partial charge in [0.1, 0.15) is 24.4 Å². The SMILES string of the molecule is CCCCCCCCCCCCCCCCCCN(CCCCCCCCCCC1O[C@H](CO)[C@@H](O)[C@H](O)[C@H]1O)C(=O)OCC. The van der Waals surface area contributed by atoms with Crippen LogP contribution in [0.5, 0.6) is 0 Å². The highest BCUT2D eigenvalue weighted by Crippen LogP contribution is 2.25. The molecule has 0 aromatic heterocycles. The fourth-order valence-corrected chi connectivity index (χ4v) is 6.49. The Hall–Kier alpha value is -0.930. The predicted molar refractivity (Wildman–Crippen MR) is 183 cm³/mol. The highest BCUT2D eigenvalue weighted by molar-refractivity contribution is 5.67. The number of unbranched alkanes of at least 4 members (excludes halogenated alkanes) is 22. The Morgan fingerprint density at radius 1 is 0.556 bits per heavy atom. The van der Waals surface area contributed by atoms with Crippen LogP contribution in [0.25, 0.3) is 0 Å². The van der Waals surface area contributed by atoms with Crippen molar-refractivity contribution in [2.24, 2.45) is 0 Å². The summed E-state index contributed by atoms with van der Waals surface area (Å²) < 4.78 is 10.9. The lowest BCUT2D eigenvalue weighted by Gasteiger charge is -2.40. The zero-order valence-electron chi connectivity index (χ0n) is 29.4. The molecule has 8 nitrogen and oxygen atoms in total. The third-order valence-corrected chi connectivity index (χ3v) is 9.47. The zero-order chi connectivity index (χ0) is 33.0. The summed E-state index contributed by atoms with van der Waals surface area (Å²) in [5.41, 5.74) is 0. The molecule has 1 rings (SSSR count). The van der Waals surface area contributed by atoms with Crippen molar-refractivity contribution in [3.8, 4) is 0 Å². The van der Waals surface area contributed by atoms with Gasteiger partial charge in [0.15, 0.2) is 0 Å². The lowest BCUT2D eigenvalue weighted by Crippen LogP contribution is -2.58. The van der Waals surface area contributed by atoms with E-state index in [9.17, 15) is 25.2 Å². The summed E-state index contributed by atoms with van der Waals surface area (Å²) in [7, 11) is 0. The smallest absolute Gasteiger partial charge is 0.409 e. The van der Waals surface area contributed by atoms with Crippen LogP contribution in [0.4, 0.5) is 4.79 Å². The van der Waals surface area contributed by atoms with Crippen LogP contribution in [-0.4, -0.2) is 88.2 Å². The largest absolute Gasteiger partial charge is 0.450 e. The summed E-state index contributed by atoms with van der Waals surface area (Å²) >= 11 is 0. The number of rotatable bonds is 30. The minimum absolute atomic E-state index is 0.169. The zero-order valence-corrected chi connectivity index (χ0v) is 29.4. The van der Waals surface area contributed by atoms with E-state index in [0.29, 0.717) is 13.0 Å². The fraction of sp³-hybridized carbons (Fsp3) is 0.973. The van der Waals surface area contributed by atoms with Crippen molar-refractivity contribution in [2.45, 2.75) is 205 Å². The number of ether oxygens (including phenoxy) is 2. The van der Waals surface area contributed by atoms with E-state index in [4.69, 9.17) is 9.47 Å². The van der Waals surface area contributed by atoms with Crippen molar-refractivity contribution in [1.29, 1.82) is 0 Å². The van der Waals surface area contributed by atoms with Gasteiger partial charge in [0.25, 0.3) is 0 Å². The molecule has 0 bridgehead atoms. The molecular weight excluding hydrogens is 570 g/mol. The van der Waals surface area contributed by atoms with Crippen molar-refractivity contribution in [1.82, 2.24) is 4.90 Å². The lowest BCUT2D eigenvalue weighted by atomic mass is 9.92. The van der Waals surface area contributed by atoms with E-state index in [-0.39, 0.29) is 12.7 Å². The first kappa shape index (κ1) is 42.1. The van der Waals surface area contributed by atoms with Gasteiger partial charge in [-0.25, -0.2) is 4.79 Å². The minimum atomic E-state index is -1.28. The van der Waals surface area contributed by atoms with Gasteiger partial charge in [-0.05, 0) is 26.2 Å². The Morgan fingerprint density at radius 3 is 1.33 bits per heavy atom. The number of hydrogen-bond donors (Lipinski definition) is 4. The lowest BCUT2D eigenvalue weighted by molar-refractivity contribution is -0.230. The molecule has 1 amide bonds. The maximum atomic E-state index is 12.4. The van der Waals surface area contributed by atoms with Gasteiger partial charge in [-0.1, -0.05) is 148 Å². The van der Waals surface area contributed by atoms with Crippen molar-refractivity contribution < 1.29 is 34.7 Å². The molecule has 45 heavy (non-hydrogen) atoms. The average molecular weight is 644 g/mol. The van der Waals surface area contributed by atoms with Crippen LogP contribution in [0.15, 0.2) is 0 Å². The van der Waals surface area contributed by atoms with Gasteiger partial charge < -0.3 is 34.8 Å². The second-order valence-corrected chi connectivity index (χ2v) is 13.5. The van der Waals surface area contributed by atoms with E-state index in [1.54, 1.807) is 0 Å². The minimum Gasteiger partial charge on any atom is -0.450 e. The fourth-order valence-electron chi connectivity index (χ4n) is 6.49. The number of hydrogen-bond acceptors (Lipinski definition) is 7. The average Bonchev–Trinajstić information content (AvgIpc) is 3.04. The first-order valence-electron chi connectivity index (χ1n) is 19.2. The highest BCUT2D eigenvalue weighted by Gasteiger charge is 2.42. The summed E-state index contributed by atoms with van der Waals surface area (Å²) in [5.74, 6) is 0. The molecule has 4 N–H and O–H groups in total. The van der Waals surface area contributed by atoms with Gasteiger partial charge in [0, 0.05) is 13.1 Å². The number of amides is 1. The van der Waals surface area contributed by atoms with Crippen LogP contribution in [0.2, 0.25) is 0 Å². The number of aliphatic hydroxyl groups is 4. The number of carbonyl (C=O) groups is 1. The third-order valence-electron chi connectivity index (χ3n) is 9.47. The maximum Gasteiger partial charge on any atom is 0.409 e. The van der Waals surface area contributed by atoms with Crippen LogP contribution in [0, 0.1) is 0 Å². The number of nitrogens with zero attached hydrogens (tertiary/aromatic N) is 1. The molecule has 8 heteroatoms. The predicted octanol–water partition coefficient (Wildman–Crippen LogP) is 8.06. The number of aliphatic hydroxyl groups excluding tert-OH is 4. The van der Waals surface area contributed by atoms with Crippen LogP contribution < -0.4 is 0 Å². The first-order chi connectivity index (χ1) is 22.0. The molecule has 1 fully saturated rings. The molecule has 1 aliphatic heterocycles. The topological polar surface area (TPSA) is 120 Å². The van der Waals surface area contributed by atoms with Crippen LogP contribution in [0.1, 0.15) is 174 Å². The molecule has 268 valence electrons. The van der Waals surface area contributed by atoms with Crippen LogP contribution in [0.3, 0.4) is 0 Å². The van der Waals surface area contributed by atoms with Crippen molar-refractivity contribution >= 4 is 6.09 Å². The Labute approximate surface area is 276 Å². The van der Waals surface area contributed by atoms with Gasteiger partial charge in [-0.15, -0.1) is 0 Å². The van der Waals surface area contributed by atoms with Crippen LogP contribution in [-0.2, 0) is 9.47 Å². The Balaban J connectivity index is 2.00. The molecule has 0 aliphatic carbocycles. The summed E-state index contributed by atoms with van der Waals surface area (Å²) in [6.45, 7) is 5.77. The molecule has 1 aliphatic rings. The Kier molecular flexibility index (Phi) is 27.3. The van der Waals surface area contributed by atoms with Gasteiger partial charge in [0.05, 0.1) is 19.3 Å². The summed E-state index contributed by atoms with van der Waals surface area (Å²) in [4.78, 5) is 14.4. The van der Waals surface area contributed by atoms with Crippen LogP contribution >= 0.6 is 0 Å². The summed E-state index contributed by atoms with van der Waals surface area (Å²) in [5, 5.41) is 39.3. The monoisotopic (exact) mass is 644 g/mol. The quantitative estimate of drug-likeness (QED) is 0.0585. The van der Waals surface area contributed by atoms with Gasteiger partial charge in [0.2, 0.25) is 0 Å². The van der Waals surface area contributed by atoms with Crippen molar-refractivity contribution in [3.63, 3.8) is 0 Å². The Bertz CT molecular complexity index is 665. The second-order valence-electron chi connectivity index (χ2n) is 13.5. The molecular formula is C37H73NO7. The highest BCUT2D eigenvalue weighted by atomic mass is 16.6. The molecule has 0 aromatic rings. The summed E-state index contributed by atoms with van der Waals surface area (Å²) in [6, 6.07) is 0. The molecule has 0 aromatic carbocycles. The Morgan fingerprint density at radius 2 is 0.933 bits per heavy atom. The van der Waals surface area contributed by atoms with Crippen molar-refractivity contribution in [2.75, 3.05) is 26.3 Å². The second kappa shape index (κ2) is 29.2. The molecule has 0 spiro atoms. The first-order valence-corrected chi connectivity index (χ1v) is 19.2. The molecule has 1 unspecified atom stereocenters. The third kappa shape index (κ3) is 20.8. The molecule has 5 atom stereocenters. The molecule has 0 saturated carbocycles. The normalized spacial score (nSPS) is 21.7. The molecule has 1 heterocycles. The van der Waals surface area contributed by atoms with Crippen molar-refractivity contribution in [3.05, 3.63) is 0 Å². The maximum absolute atomic E-state index is 12.4. The van der Waals surface area contributed by atoms with E-state index >= 15 is 0 Å². The van der Waals surface area contributed by atoms with E-state index in [1.807, 2.05) is 11.8 Å². The summed E-state index contributed by atoms with van der Waals surface area (Å²) in [6.07, 6.45) is 25.5. The van der Waals surface area contributed by atoms with E-state index in [2.05, 4.69) is 6.92 Å².